The number of aromatic hydroxyl groups is 1. The maximum absolute atomic E-state index is 9.85. The molecule has 0 radical (unpaired) electrons. The molecule has 0 saturated carbocycles. The molecule has 0 fully saturated rings. The number of phenolic OH excluding ortho intramolecular Hbond substituents is 1. The van der Waals surface area contributed by atoms with Gasteiger partial charge in [0.05, 0.1) is 6.10 Å². The fourth-order valence-corrected chi connectivity index (χ4v) is 1.73. The van der Waals surface area contributed by atoms with Gasteiger partial charge >= 0.3 is 0 Å². The third kappa shape index (κ3) is 4.84. The van der Waals surface area contributed by atoms with Crippen molar-refractivity contribution in [2.24, 2.45) is 5.41 Å². The predicted octanol–water partition coefficient (Wildman–Crippen LogP) is 2.73. The minimum absolute atomic E-state index is 0.135. The van der Waals surface area contributed by atoms with Crippen molar-refractivity contribution in [1.82, 2.24) is 0 Å². The summed E-state index contributed by atoms with van der Waals surface area (Å²) >= 11 is 0. The van der Waals surface area contributed by atoms with Crippen LogP contribution < -0.4 is 0 Å². The Hall–Kier alpha value is -1.02. The van der Waals surface area contributed by atoms with Crippen LogP contribution in [0.2, 0.25) is 0 Å². The lowest BCUT2D eigenvalue weighted by molar-refractivity contribution is 0.121. The molecule has 0 aliphatic rings. The summed E-state index contributed by atoms with van der Waals surface area (Å²) in [6.45, 7) is 6.33. The topological polar surface area (TPSA) is 40.5 Å². The summed E-state index contributed by atoms with van der Waals surface area (Å²) < 4.78 is 0. The highest BCUT2D eigenvalue weighted by atomic mass is 16.3. The van der Waals surface area contributed by atoms with E-state index in [1.54, 1.807) is 18.2 Å². The molecule has 1 atom stereocenters. The summed E-state index contributed by atoms with van der Waals surface area (Å²) in [6, 6.07) is 7.06. The molecule has 1 unspecified atom stereocenters. The third-order valence-corrected chi connectivity index (χ3v) is 2.23. The summed E-state index contributed by atoms with van der Waals surface area (Å²) in [7, 11) is 0. The number of hydrogen-bond donors (Lipinski definition) is 2. The van der Waals surface area contributed by atoms with E-state index in [9.17, 15) is 10.2 Å². The van der Waals surface area contributed by atoms with E-state index in [0.717, 1.165) is 12.0 Å². The summed E-state index contributed by atoms with van der Waals surface area (Å²) in [5.74, 6) is 0.260. The molecular weight excluding hydrogens is 188 g/mol. The van der Waals surface area contributed by atoms with E-state index in [-0.39, 0.29) is 17.3 Å². The molecule has 1 aromatic carbocycles. The Bertz CT molecular complexity index is 313. The maximum Gasteiger partial charge on any atom is 0.115 e. The predicted molar refractivity (Wildman–Crippen MR) is 61.9 cm³/mol. The molecule has 0 amide bonds. The maximum atomic E-state index is 9.85. The molecule has 84 valence electrons. The van der Waals surface area contributed by atoms with Gasteiger partial charge in [0, 0.05) is 0 Å². The quantitative estimate of drug-likeness (QED) is 0.801. The van der Waals surface area contributed by atoms with E-state index in [1.807, 2.05) is 6.07 Å². The molecule has 0 heterocycles. The van der Waals surface area contributed by atoms with E-state index in [1.165, 1.54) is 0 Å². The van der Waals surface area contributed by atoms with Crippen molar-refractivity contribution in [2.75, 3.05) is 0 Å². The summed E-state index contributed by atoms with van der Waals surface area (Å²) in [5, 5.41) is 19.1. The Kier molecular flexibility index (Phi) is 3.75. The number of phenols is 1. The van der Waals surface area contributed by atoms with Gasteiger partial charge in [0.1, 0.15) is 5.75 Å². The molecule has 15 heavy (non-hydrogen) atoms. The minimum Gasteiger partial charge on any atom is -0.508 e. The van der Waals surface area contributed by atoms with Gasteiger partial charge in [0.25, 0.3) is 0 Å². The Balaban J connectivity index is 2.55. The number of aliphatic hydroxyl groups excluding tert-OH is 1. The van der Waals surface area contributed by atoms with Crippen LogP contribution in [-0.4, -0.2) is 16.3 Å². The average molecular weight is 208 g/mol. The third-order valence-electron chi connectivity index (χ3n) is 2.23. The van der Waals surface area contributed by atoms with E-state index >= 15 is 0 Å². The van der Waals surface area contributed by atoms with Crippen LogP contribution in [0.3, 0.4) is 0 Å². The fourth-order valence-electron chi connectivity index (χ4n) is 1.73. The van der Waals surface area contributed by atoms with E-state index in [2.05, 4.69) is 20.8 Å². The van der Waals surface area contributed by atoms with Gasteiger partial charge in [-0.2, -0.15) is 0 Å². The highest BCUT2D eigenvalue weighted by Crippen LogP contribution is 2.23. The number of aliphatic hydroxyl groups is 1. The van der Waals surface area contributed by atoms with E-state index in [4.69, 9.17) is 0 Å². The van der Waals surface area contributed by atoms with Crippen molar-refractivity contribution in [3.05, 3.63) is 29.8 Å². The zero-order valence-electron chi connectivity index (χ0n) is 9.70. The lowest BCUT2D eigenvalue weighted by Crippen LogP contribution is -2.19. The Morgan fingerprint density at radius 3 is 2.47 bits per heavy atom. The average Bonchev–Trinajstić information content (AvgIpc) is 1.99. The van der Waals surface area contributed by atoms with Gasteiger partial charge in [-0.05, 0) is 36.0 Å². The van der Waals surface area contributed by atoms with E-state index < -0.39 is 0 Å². The van der Waals surface area contributed by atoms with Crippen molar-refractivity contribution in [2.45, 2.75) is 39.7 Å². The minimum atomic E-state index is -0.341. The van der Waals surface area contributed by atoms with Gasteiger partial charge in [-0.25, -0.2) is 0 Å². The zero-order valence-corrected chi connectivity index (χ0v) is 9.70. The normalized spacial score (nSPS) is 13.9. The van der Waals surface area contributed by atoms with Crippen molar-refractivity contribution >= 4 is 0 Å². The first-order valence-corrected chi connectivity index (χ1v) is 5.33. The Labute approximate surface area is 91.6 Å². The molecule has 0 aliphatic heterocycles. The van der Waals surface area contributed by atoms with Crippen LogP contribution >= 0.6 is 0 Å². The molecule has 0 saturated heterocycles. The van der Waals surface area contributed by atoms with Crippen LogP contribution in [0.4, 0.5) is 0 Å². The van der Waals surface area contributed by atoms with Crippen LogP contribution in [0.25, 0.3) is 0 Å². The zero-order chi connectivity index (χ0) is 11.5. The van der Waals surface area contributed by atoms with Gasteiger partial charge in [-0.3, -0.25) is 0 Å². The molecule has 1 rings (SSSR count). The monoisotopic (exact) mass is 208 g/mol. The fraction of sp³-hybridized carbons (Fsp3) is 0.538. The van der Waals surface area contributed by atoms with Crippen LogP contribution in [0.5, 0.6) is 5.75 Å². The van der Waals surface area contributed by atoms with Crippen LogP contribution in [-0.2, 0) is 6.42 Å². The molecule has 2 N–H and O–H groups in total. The number of benzene rings is 1. The van der Waals surface area contributed by atoms with Crippen LogP contribution in [0.1, 0.15) is 32.8 Å². The molecule has 0 bridgehead atoms. The largest absolute Gasteiger partial charge is 0.508 e. The standard InChI is InChI=1S/C13H20O2/c1-13(2,3)9-12(15)8-10-5-4-6-11(14)7-10/h4-7,12,14-15H,8-9H2,1-3H3. The van der Waals surface area contributed by atoms with Crippen LogP contribution in [0.15, 0.2) is 24.3 Å². The van der Waals surface area contributed by atoms with E-state index in [0.29, 0.717) is 6.42 Å². The molecule has 0 aliphatic carbocycles. The lowest BCUT2D eigenvalue weighted by atomic mass is 9.87. The van der Waals surface area contributed by atoms with Gasteiger partial charge in [-0.1, -0.05) is 32.9 Å². The second-order valence-corrected chi connectivity index (χ2v) is 5.29. The smallest absolute Gasteiger partial charge is 0.115 e. The van der Waals surface area contributed by atoms with Crippen molar-refractivity contribution in [3.8, 4) is 5.75 Å². The number of hydrogen-bond acceptors (Lipinski definition) is 2. The molecule has 2 heteroatoms. The first-order valence-electron chi connectivity index (χ1n) is 5.33. The first kappa shape index (κ1) is 12.1. The molecule has 0 aromatic heterocycles. The molecule has 2 nitrogen and oxygen atoms in total. The summed E-state index contributed by atoms with van der Waals surface area (Å²) in [6.07, 6.45) is 1.03. The van der Waals surface area contributed by atoms with Gasteiger partial charge in [-0.15, -0.1) is 0 Å². The second kappa shape index (κ2) is 4.67. The van der Waals surface area contributed by atoms with Crippen molar-refractivity contribution < 1.29 is 10.2 Å². The Morgan fingerprint density at radius 2 is 1.93 bits per heavy atom. The van der Waals surface area contributed by atoms with Gasteiger partial charge in [0.15, 0.2) is 0 Å². The summed E-state index contributed by atoms with van der Waals surface area (Å²) in [4.78, 5) is 0. The first-order chi connectivity index (χ1) is 6.87. The molecule has 1 aromatic rings. The van der Waals surface area contributed by atoms with Crippen molar-refractivity contribution in [1.29, 1.82) is 0 Å². The second-order valence-electron chi connectivity index (χ2n) is 5.29. The van der Waals surface area contributed by atoms with Gasteiger partial charge < -0.3 is 10.2 Å². The van der Waals surface area contributed by atoms with Gasteiger partial charge in [0.2, 0.25) is 0 Å². The SMILES string of the molecule is CC(C)(C)CC(O)Cc1cccc(O)c1. The van der Waals surface area contributed by atoms with Crippen LogP contribution in [0, 0.1) is 5.41 Å². The highest BCUT2D eigenvalue weighted by molar-refractivity contribution is 5.27. The highest BCUT2D eigenvalue weighted by Gasteiger charge is 2.16. The molecular formula is C13H20O2. The summed E-state index contributed by atoms with van der Waals surface area (Å²) in [5.41, 5.74) is 1.11. The van der Waals surface area contributed by atoms with Crippen molar-refractivity contribution in [3.63, 3.8) is 0 Å². The Morgan fingerprint density at radius 1 is 1.27 bits per heavy atom. The lowest BCUT2D eigenvalue weighted by Gasteiger charge is -2.22. The number of rotatable bonds is 3. The molecule has 0 spiro atoms.